The first-order valence-electron chi connectivity index (χ1n) is 8.60. The molecule has 134 valence electrons. The summed E-state index contributed by atoms with van der Waals surface area (Å²) in [6.45, 7) is 2.55. The first kappa shape index (κ1) is 16.9. The zero-order chi connectivity index (χ0) is 18.6. The van der Waals surface area contributed by atoms with Crippen LogP contribution in [0.1, 0.15) is 23.6 Å². The van der Waals surface area contributed by atoms with Gasteiger partial charge in [-0.15, -0.1) is 0 Å². The zero-order valence-corrected chi connectivity index (χ0v) is 14.7. The van der Waals surface area contributed by atoms with Crippen LogP contribution in [0.4, 0.5) is 10.1 Å². The quantitative estimate of drug-likeness (QED) is 0.763. The van der Waals surface area contributed by atoms with Gasteiger partial charge in [0.2, 0.25) is 0 Å². The molecule has 27 heavy (non-hydrogen) atoms. The summed E-state index contributed by atoms with van der Waals surface area (Å²) < 4.78 is 19.4. The van der Waals surface area contributed by atoms with E-state index in [1.807, 2.05) is 43.3 Å². The Morgan fingerprint density at radius 2 is 1.74 bits per heavy atom. The number of fused-ring (bicyclic) bond motifs is 1. The number of hydrazone groups is 1. The Morgan fingerprint density at radius 1 is 0.963 bits per heavy atom. The van der Waals surface area contributed by atoms with E-state index in [-0.39, 0.29) is 5.82 Å². The second-order valence-electron chi connectivity index (χ2n) is 5.89. The fourth-order valence-electron chi connectivity index (χ4n) is 2.84. The summed E-state index contributed by atoms with van der Waals surface area (Å²) in [5, 5.41) is 4.50. The molecular weight excluding hydrogens is 343 g/mol. The van der Waals surface area contributed by atoms with Gasteiger partial charge in [0.15, 0.2) is 5.84 Å². The molecule has 0 saturated heterocycles. The van der Waals surface area contributed by atoms with Crippen molar-refractivity contribution in [2.45, 2.75) is 6.92 Å². The SMILES string of the molecule is CCOc1ccc(C2=Nc3ccc(F)cc3C(c3ccncc3)=NN2)cc1. The summed E-state index contributed by atoms with van der Waals surface area (Å²) in [6.07, 6.45) is 3.35. The number of aromatic nitrogens is 1. The Morgan fingerprint density at radius 3 is 2.48 bits per heavy atom. The van der Waals surface area contributed by atoms with Crippen molar-refractivity contribution < 1.29 is 9.13 Å². The molecule has 0 aliphatic carbocycles. The maximum Gasteiger partial charge on any atom is 0.154 e. The molecule has 5 nitrogen and oxygen atoms in total. The summed E-state index contributed by atoms with van der Waals surface area (Å²) in [5.74, 6) is 1.03. The molecule has 1 aliphatic heterocycles. The fraction of sp³-hybridized carbons (Fsp3) is 0.0952. The van der Waals surface area contributed by atoms with Crippen LogP contribution in [0.5, 0.6) is 5.75 Å². The number of rotatable bonds is 4. The van der Waals surface area contributed by atoms with E-state index in [1.165, 1.54) is 12.1 Å². The first-order chi connectivity index (χ1) is 13.2. The maximum absolute atomic E-state index is 13.9. The van der Waals surface area contributed by atoms with Crippen molar-refractivity contribution in [1.29, 1.82) is 0 Å². The Labute approximate surface area is 156 Å². The van der Waals surface area contributed by atoms with Gasteiger partial charge in [0.05, 0.1) is 12.3 Å². The number of nitrogens with one attached hydrogen (secondary N) is 1. The number of nitrogens with zero attached hydrogens (tertiary/aromatic N) is 3. The molecule has 0 unspecified atom stereocenters. The van der Waals surface area contributed by atoms with Crippen LogP contribution >= 0.6 is 0 Å². The average molecular weight is 360 g/mol. The average Bonchev–Trinajstić information content (AvgIpc) is 2.89. The predicted molar refractivity (Wildman–Crippen MR) is 103 cm³/mol. The van der Waals surface area contributed by atoms with Crippen LogP contribution < -0.4 is 10.2 Å². The van der Waals surface area contributed by atoms with Crippen LogP contribution in [0.15, 0.2) is 77.1 Å². The van der Waals surface area contributed by atoms with Gasteiger partial charge >= 0.3 is 0 Å². The molecule has 1 aliphatic rings. The van der Waals surface area contributed by atoms with E-state index < -0.39 is 0 Å². The first-order valence-corrected chi connectivity index (χ1v) is 8.60. The largest absolute Gasteiger partial charge is 0.494 e. The molecule has 0 bridgehead atoms. The second-order valence-corrected chi connectivity index (χ2v) is 5.89. The summed E-state index contributed by atoms with van der Waals surface area (Å²) in [7, 11) is 0. The molecule has 3 aromatic rings. The van der Waals surface area contributed by atoms with Gasteiger partial charge in [-0.25, -0.2) is 9.38 Å². The molecule has 1 N–H and O–H groups in total. The van der Waals surface area contributed by atoms with Crippen molar-refractivity contribution in [2.75, 3.05) is 6.61 Å². The number of hydrogen-bond donors (Lipinski definition) is 1. The van der Waals surface area contributed by atoms with Gasteiger partial charge in [0, 0.05) is 29.1 Å². The number of halogens is 1. The molecule has 1 aromatic heterocycles. The minimum absolute atomic E-state index is 0.338. The van der Waals surface area contributed by atoms with E-state index in [4.69, 9.17) is 4.74 Å². The molecular formula is C21H17FN4O. The molecule has 0 saturated carbocycles. The number of aliphatic imine (C=N–C) groups is 1. The standard InChI is InChI=1S/C21H17FN4O/c1-2-27-17-6-3-15(4-7-17)21-24-19-8-5-16(22)13-18(19)20(25-26-21)14-9-11-23-12-10-14/h3-13H,2H2,1H3,(H,24,26). The van der Waals surface area contributed by atoms with Crippen molar-refractivity contribution in [1.82, 2.24) is 10.4 Å². The summed E-state index contributed by atoms with van der Waals surface area (Å²) in [6, 6.07) is 15.7. The van der Waals surface area contributed by atoms with E-state index in [2.05, 4.69) is 20.5 Å². The Hall–Kier alpha value is -3.54. The lowest BCUT2D eigenvalue weighted by Gasteiger charge is -2.07. The lowest BCUT2D eigenvalue weighted by atomic mass is 10.0. The number of hydrogen-bond acceptors (Lipinski definition) is 5. The summed E-state index contributed by atoms with van der Waals surface area (Å²) in [5.41, 5.74) is 6.57. The Balaban J connectivity index is 1.79. The van der Waals surface area contributed by atoms with Gasteiger partial charge in [-0.3, -0.25) is 10.4 Å². The minimum Gasteiger partial charge on any atom is -0.494 e. The smallest absolute Gasteiger partial charge is 0.154 e. The summed E-state index contributed by atoms with van der Waals surface area (Å²) in [4.78, 5) is 8.70. The molecule has 0 amide bonds. The molecule has 0 fully saturated rings. The van der Waals surface area contributed by atoms with Crippen LogP contribution in [0, 0.1) is 5.82 Å². The second kappa shape index (κ2) is 7.37. The number of pyridine rings is 1. The van der Waals surface area contributed by atoms with Crippen molar-refractivity contribution in [3.8, 4) is 5.75 Å². The third kappa shape index (κ3) is 3.55. The maximum atomic E-state index is 13.9. The van der Waals surface area contributed by atoms with Gasteiger partial charge in [-0.05, 0) is 61.5 Å². The topological polar surface area (TPSA) is 58.9 Å². The predicted octanol–water partition coefficient (Wildman–Crippen LogP) is 4.05. The Bertz CT molecular complexity index is 1010. The van der Waals surface area contributed by atoms with E-state index in [0.717, 1.165) is 16.9 Å². The fourth-order valence-corrected chi connectivity index (χ4v) is 2.84. The highest BCUT2D eigenvalue weighted by molar-refractivity contribution is 6.17. The summed E-state index contributed by atoms with van der Waals surface area (Å²) >= 11 is 0. The molecule has 2 heterocycles. The van der Waals surface area contributed by atoms with Crippen LogP contribution in [0.3, 0.4) is 0 Å². The zero-order valence-electron chi connectivity index (χ0n) is 14.7. The minimum atomic E-state index is -0.338. The third-order valence-corrected chi connectivity index (χ3v) is 4.11. The molecule has 0 spiro atoms. The lowest BCUT2D eigenvalue weighted by molar-refractivity contribution is 0.340. The highest BCUT2D eigenvalue weighted by atomic mass is 19.1. The Kier molecular flexibility index (Phi) is 4.61. The van der Waals surface area contributed by atoms with Crippen molar-refractivity contribution in [3.05, 3.63) is 89.5 Å². The number of ether oxygens (including phenoxy) is 1. The van der Waals surface area contributed by atoms with E-state index in [9.17, 15) is 4.39 Å². The van der Waals surface area contributed by atoms with Gasteiger partial charge in [0.1, 0.15) is 17.3 Å². The van der Waals surface area contributed by atoms with Crippen LogP contribution in [-0.2, 0) is 0 Å². The molecule has 0 atom stereocenters. The number of benzene rings is 2. The molecule has 0 radical (unpaired) electrons. The van der Waals surface area contributed by atoms with Crippen molar-refractivity contribution >= 4 is 17.2 Å². The van der Waals surface area contributed by atoms with Gasteiger partial charge in [0.25, 0.3) is 0 Å². The third-order valence-electron chi connectivity index (χ3n) is 4.11. The van der Waals surface area contributed by atoms with Crippen LogP contribution in [0.25, 0.3) is 0 Å². The highest BCUT2D eigenvalue weighted by Crippen LogP contribution is 2.26. The molecule has 2 aromatic carbocycles. The van der Waals surface area contributed by atoms with Gasteiger partial charge < -0.3 is 4.74 Å². The van der Waals surface area contributed by atoms with Gasteiger partial charge in [-0.2, -0.15) is 5.10 Å². The van der Waals surface area contributed by atoms with E-state index in [1.54, 1.807) is 18.5 Å². The highest BCUT2D eigenvalue weighted by Gasteiger charge is 2.18. The van der Waals surface area contributed by atoms with E-state index >= 15 is 0 Å². The molecule has 4 rings (SSSR count). The lowest BCUT2D eigenvalue weighted by Crippen LogP contribution is -2.19. The monoisotopic (exact) mass is 360 g/mol. The normalized spacial score (nSPS) is 13.0. The van der Waals surface area contributed by atoms with Gasteiger partial charge in [-0.1, -0.05) is 0 Å². The van der Waals surface area contributed by atoms with Crippen molar-refractivity contribution in [2.24, 2.45) is 10.1 Å². The van der Waals surface area contributed by atoms with Crippen LogP contribution in [0.2, 0.25) is 0 Å². The van der Waals surface area contributed by atoms with Crippen molar-refractivity contribution in [3.63, 3.8) is 0 Å². The van der Waals surface area contributed by atoms with Crippen LogP contribution in [-0.4, -0.2) is 23.1 Å². The number of amidine groups is 1. The molecule has 6 heteroatoms. The van der Waals surface area contributed by atoms with E-state index in [0.29, 0.717) is 29.4 Å².